The maximum absolute atomic E-state index is 11.1. The van der Waals surface area contributed by atoms with Gasteiger partial charge in [0.05, 0.1) is 5.56 Å². The van der Waals surface area contributed by atoms with E-state index in [1.165, 1.54) is 6.20 Å². The van der Waals surface area contributed by atoms with Gasteiger partial charge in [-0.25, -0.2) is 4.98 Å². The topological polar surface area (TPSA) is 84.7 Å². The van der Waals surface area contributed by atoms with Crippen LogP contribution in [0.3, 0.4) is 0 Å². The lowest BCUT2D eigenvalue weighted by molar-refractivity contribution is 0.100. The average Bonchev–Trinajstić information content (AvgIpc) is 2.70. The monoisotopic (exact) mass is 188 g/mol. The third-order valence-electron chi connectivity index (χ3n) is 1.84. The van der Waals surface area contributed by atoms with Gasteiger partial charge in [0.1, 0.15) is 5.82 Å². The zero-order valence-electron chi connectivity index (χ0n) is 7.27. The number of carbonyl (C=O) groups excluding carboxylic acids is 1. The summed E-state index contributed by atoms with van der Waals surface area (Å²) in [7, 11) is 0. The van der Waals surface area contributed by atoms with Crippen molar-refractivity contribution in [2.24, 2.45) is 5.73 Å². The van der Waals surface area contributed by atoms with Crippen LogP contribution in [0.15, 0.2) is 30.9 Å². The van der Waals surface area contributed by atoms with Gasteiger partial charge in [0, 0.05) is 30.4 Å². The fraction of sp³-hybridized carbons (Fsp3) is 0. The Kier molecular flexibility index (Phi) is 1.98. The van der Waals surface area contributed by atoms with Gasteiger partial charge in [-0.1, -0.05) is 0 Å². The normalized spacial score (nSPS) is 10.0. The van der Waals surface area contributed by atoms with Gasteiger partial charge in [0.25, 0.3) is 5.91 Å². The third-order valence-corrected chi connectivity index (χ3v) is 1.84. The van der Waals surface area contributed by atoms with E-state index >= 15 is 0 Å². The van der Waals surface area contributed by atoms with Crippen LogP contribution in [0.4, 0.5) is 0 Å². The molecule has 0 saturated carbocycles. The molecular formula is C9H8N4O. The maximum Gasteiger partial charge on any atom is 0.251 e. The molecular weight excluding hydrogens is 180 g/mol. The van der Waals surface area contributed by atoms with E-state index in [2.05, 4.69) is 15.0 Å². The van der Waals surface area contributed by atoms with Gasteiger partial charge < -0.3 is 10.7 Å². The predicted octanol–water partition coefficient (Wildman–Crippen LogP) is 0.571. The van der Waals surface area contributed by atoms with Crippen LogP contribution >= 0.6 is 0 Å². The van der Waals surface area contributed by atoms with Crippen molar-refractivity contribution < 1.29 is 4.79 Å². The smallest absolute Gasteiger partial charge is 0.251 e. The van der Waals surface area contributed by atoms with E-state index < -0.39 is 5.91 Å². The second-order valence-corrected chi connectivity index (χ2v) is 2.72. The van der Waals surface area contributed by atoms with Gasteiger partial charge in [-0.05, 0) is 6.07 Å². The van der Waals surface area contributed by atoms with Crippen molar-refractivity contribution >= 4 is 5.91 Å². The maximum atomic E-state index is 11.1. The molecule has 2 rings (SSSR count). The van der Waals surface area contributed by atoms with E-state index in [4.69, 9.17) is 5.73 Å². The first kappa shape index (κ1) is 8.43. The quantitative estimate of drug-likeness (QED) is 0.722. The molecule has 0 fully saturated rings. The molecule has 0 bridgehead atoms. The van der Waals surface area contributed by atoms with Crippen LogP contribution < -0.4 is 5.73 Å². The molecule has 2 heterocycles. The van der Waals surface area contributed by atoms with Crippen molar-refractivity contribution in [1.82, 2.24) is 15.0 Å². The Hall–Kier alpha value is -2.17. The number of aromatic nitrogens is 3. The van der Waals surface area contributed by atoms with Gasteiger partial charge in [-0.15, -0.1) is 0 Å². The van der Waals surface area contributed by atoms with E-state index in [1.54, 1.807) is 24.7 Å². The molecule has 0 unspecified atom stereocenters. The highest BCUT2D eigenvalue weighted by Crippen LogP contribution is 2.17. The van der Waals surface area contributed by atoms with Crippen LogP contribution in [0.5, 0.6) is 0 Å². The number of hydrogen-bond acceptors (Lipinski definition) is 3. The van der Waals surface area contributed by atoms with Crippen molar-refractivity contribution in [3.63, 3.8) is 0 Å². The second kappa shape index (κ2) is 3.29. The number of rotatable bonds is 2. The first-order chi connectivity index (χ1) is 6.79. The lowest BCUT2D eigenvalue weighted by atomic mass is 10.1. The largest absolute Gasteiger partial charge is 0.366 e. The van der Waals surface area contributed by atoms with E-state index in [1.807, 2.05) is 0 Å². The Morgan fingerprint density at radius 1 is 1.43 bits per heavy atom. The number of carbonyl (C=O) groups is 1. The molecule has 0 radical (unpaired) electrons. The molecule has 2 aromatic rings. The molecule has 5 heteroatoms. The van der Waals surface area contributed by atoms with Crippen LogP contribution in [0.25, 0.3) is 11.4 Å². The van der Waals surface area contributed by atoms with E-state index in [-0.39, 0.29) is 0 Å². The SMILES string of the molecule is NC(=O)c1cnccc1-c1ncc[nH]1. The summed E-state index contributed by atoms with van der Waals surface area (Å²) >= 11 is 0. The minimum Gasteiger partial charge on any atom is -0.366 e. The lowest BCUT2D eigenvalue weighted by Gasteiger charge is -2.01. The average molecular weight is 188 g/mol. The second-order valence-electron chi connectivity index (χ2n) is 2.72. The molecule has 0 atom stereocenters. The number of nitrogens with two attached hydrogens (primary N) is 1. The molecule has 3 N–H and O–H groups in total. The number of nitrogens with one attached hydrogen (secondary N) is 1. The summed E-state index contributed by atoms with van der Waals surface area (Å²) in [6, 6.07) is 1.69. The molecule has 0 aromatic carbocycles. The number of pyridine rings is 1. The number of imidazole rings is 1. The van der Waals surface area contributed by atoms with Gasteiger partial charge in [0.15, 0.2) is 0 Å². The molecule has 0 saturated heterocycles. The van der Waals surface area contributed by atoms with Crippen LogP contribution in [0.2, 0.25) is 0 Å². The first-order valence-corrected chi connectivity index (χ1v) is 4.02. The van der Waals surface area contributed by atoms with Gasteiger partial charge >= 0.3 is 0 Å². The summed E-state index contributed by atoms with van der Waals surface area (Å²) in [5, 5.41) is 0. The van der Waals surface area contributed by atoms with Crippen molar-refractivity contribution in [2.75, 3.05) is 0 Å². The summed E-state index contributed by atoms with van der Waals surface area (Å²) in [6.45, 7) is 0. The zero-order chi connectivity index (χ0) is 9.97. The highest BCUT2D eigenvalue weighted by Gasteiger charge is 2.10. The summed E-state index contributed by atoms with van der Waals surface area (Å²) in [6.07, 6.45) is 6.31. The third kappa shape index (κ3) is 1.35. The Morgan fingerprint density at radius 2 is 2.29 bits per heavy atom. The number of nitrogens with zero attached hydrogens (tertiary/aromatic N) is 2. The highest BCUT2D eigenvalue weighted by atomic mass is 16.1. The Labute approximate surface area is 80.0 Å². The lowest BCUT2D eigenvalue weighted by Crippen LogP contribution is -2.12. The highest BCUT2D eigenvalue weighted by molar-refractivity contribution is 5.98. The Bertz CT molecular complexity index is 450. The molecule has 14 heavy (non-hydrogen) atoms. The van der Waals surface area contributed by atoms with E-state index in [0.29, 0.717) is 17.0 Å². The van der Waals surface area contributed by atoms with Crippen LogP contribution in [-0.4, -0.2) is 20.9 Å². The van der Waals surface area contributed by atoms with E-state index in [0.717, 1.165) is 0 Å². The van der Waals surface area contributed by atoms with Crippen LogP contribution in [0.1, 0.15) is 10.4 Å². The van der Waals surface area contributed by atoms with Crippen molar-refractivity contribution in [3.05, 3.63) is 36.4 Å². The van der Waals surface area contributed by atoms with Gasteiger partial charge in [-0.2, -0.15) is 0 Å². The van der Waals surface area contributed by atoms with Crippen LogP contribution in [-0.2, 0) is 0 Å². The van der Waals surface area contributed by atoms with Crippen molar-refractivity contribution in [3.8, 4) is 11.4 Å². The fourth-order valence-corrected chi connectivity index (χ4v) is 1.21. The standard InChI is InChI=1S/C9H8N4O/c10-8(14)7-5-11-2-1-6(7)9-12-3-4-13-9/h1-5H,(H2,10,14)(H,12,13). The molecule has 0 spiro atoms. The number of hydrogen-bond donors (Lipinski definition) is 2. The summed E-state index contributed by atoms with van der Waals surface area (Å²) in [5.41, 5.74) is 6.23. The number of H-pyrrole nitrogens is 1. The number of aromatic amines is 1. The van der Waals surface area contributed by atoms with Gasteiger partial charge in [-0.3, -0.25) is 9.78 Å². The molecule has 5 nitrogen and oxygen atoms in total. The molecule has 1 amide bonds. The molecule has 0 aliphatic rings. The Morgan fingerprint density at radius 3 is 2.93 bits per heavy atom. The predicted molar refractivity (Wildman–Crippen MR) is 50.3 cm³/mol. The summed E-state index contributed by atoms with van der Waals surface area (Å²) < 4.78 is 0. The first-order valence-electron chi connectivity index (χ1n) is 4.02. The van der Waals surface area contributed by atoms with Crippen molar-refractivity contribution in [1.29, 1.82) is 0 Å². The van der Waals surface area contributed by atoms with Crippen LogP contribution in [0, 0.1) is 0 Å². The van der Waals surface area contributed by atoms with E-state index in [9.17, 15) is 4.79 Å². The van der Waals surface area contributed by atoms with Gasteiger partial charge in [0.2, 0.25) is 0 Å². The fourth-order valence-electron chi connectivity index (χ4n) is 1.21. The molecule has 2 aromatic heterocycles. The Balaban J connectivity index is 2.58. The van der Waals surface area contributed by atoms with Crippen molar-refractivity contribution in [2.45, 2.75) is 0 Å². The zero-order valence-corrected chi connectivity index (χ0v) is 7.27. The molecule has 0 aliphatic heterocycles. The summed E-state index contributed by atoms with van der Waals surface area (Å²) in [5.74, 6) is 0.103. The molecule has 0 aliphatic carbocycles. The minimum absolute atomic E-state index is 0.363. The minimum atomic E-state index is -0.510. The summed E-state index contributed by atoms with van der Waals surface area (Å²) in [4.78, 5) is 21.8. The molecule has 70 valence electrons. The number of primary amides is 1. The number of amides is 1.